The number of aliphatic hydroxyl groups excluding tert-OH is 1. The molecule has 1 heterocycles. The van der Waals surface area contributed by atoms with E-state index in [0.29, 0.717) is 5.56 Å². The summed E-state index contributed by atoms with van der Waals surface area (Å²) in [7, 11) is 2.72. The molecule has 350 valence electrons. The average Bonchev–Trinajstić information content (AvgIpc) is 3.30. The van der Waals surface area contributed by atoms with Crippen molar-refractivity contribution in [1.29, 1.82) is 0 Å². The van der Waals surface area contributed by atoms with Crippen molar-refractivity contribution in [3.8, 4) is 33.8 Å². The maximum atomic E-state index is 14.0. The lowest BCUT2D eigenvalue weighted by molar-refractivity contribution is -0.143. The monoisotopic (exact) mass is 904 g/mol. The number of hydrogen-bond acceptors (Lipinski definition) is 10. The van der Waals surface area contributed by atoms with E-state index in [-0.39, 0.29) is 46.6 Å². The molecule has 0 unspecified atom stereocenters. The molecule has 15 heteroatoms. The molecule has 15 nitrogen and oxygen atoms in total. The van der Waals surface area contributed by atoms with Crippen LogP contribution in [0.5, 0.6) is 11.5 Å². The van der Waals surface area contributed by atoms with Crippen LogP contribution in [-0.2, 0) is 41.6 Å². The smallest absolute Gasteiger partial charge is 0.326 e. The Bertz CT molecular complexity index is 2420. The molecule has 4 aromatic rings. The van der Waals surface area contributed by atoms with Crippen LogP contribution in [0.15, 0.2) is 84.9 Å². The quantitative estimate of drug-likeness (QED) is 0.0698. The van der Waals surface area contributed by atoms with Crippen LogP contribution in [0, 0.1) is 5.92 Å². The fraction of sp³-hybridized carbons (Fsp3) is 0.392. The Morgan fingerprint density at radius 3 is 2.05 bits per heavy atom. The van der Waals surface area contributed by atoms with Gasteiger partial charge in [0.05, 0.1) is 12.6 Å². The first-order valence-electron chi connectivity index (χ1n) is 22.3. The van der Waals surface area contributed by atoms with E-state index in [4.69, 9.17) is 0 Å². The number of likely N-dealkylation sites (N-methyl/N-ethyl adjacent to an activating group) is 2. The second-order valence-electron chi connectivity index (χ2n) is 17.1. The van der Waals surface area contributed by atoms with Gasteiger partial charge in [0, 0.05) is 62.4 Å². The number of fused-ring (bicyclic) bond motifs is 5. The molecule has 0 fully saturated rings. The molecule has 0 spiro atoms. The lowest BCUT2D eigenvalue weighted by Crippen LogP contribution is -2.53. The standard InChI is InChI=1S/C51H60N4O11/c1-6-7-8-9-10-32-11-14-34(15-12-32)35-16-18-36(19-17-35)50(64)54(4)41(29-56)49(63)52-31(3)42(57)23-24-46(61)55(5)47-37-20-22-44(59)39(28-37)38-26-33(13-21-43(38)58)27-40(51(65)66)53-48(62)30(2)25-45(47)60/h11-22,26,28,30-31,40-41,47,56,58-59H,6-10,23-25,27,29H2,1-5H3,(H,52,63)(H,53,62)(H,65,66)/t30-,31-,40+,41-,47+/m1/s1. The van der Waals surface area contributed by atoms with Crippen molar-refractivity contribution in [2.24, 2.45) is 5.92 Å². The zero-order chi connectivity index (χ0) is 48.2. The van der Waals surface area contributed by atoms with E-state index >= 15 is 0 Å². The van der Waals surface area contributed by atoms with Gasteiger partial charge in [0.2, 0.25) is 17.7 Å². The third-order valence-corrected chi connectivity index (χ3v) is 12.2. The summed E-state index contributed by atoms with van der Waals surface area (Å²) in [4.78, 5) is 95.6. The molecule has 5 rings (SSSR count). The van der Waals surface area contributed by atoms with Gasteiger partial charge in [-0.1, -0.05) is 81.6 Å². The number of phenols is 2. The number of carbonyl (C=O) groups excluding carboxylic acids is 6. The first kappa shape index (κ1) is 50.1. The number of carboxylic acids is 1. The number of carboxylic acid groups (broad SMARTS) is 1. The van der Waals surface area contributed by atoms with Crippen molar-refractivity contribution in [2.75, 3.05) is 20.7 Å². The minimum atomic E-state index is -1.37. The lowest BCUT2D eigenvalue weighted by atomic mass is 9.89. The fourth-order valence-electron chi connectivity index (χ4n) is 8.06. The number of ketones is 2. The summed E-state index contributed by atoms with van der Waals surface area (Å²) in [6.45, 7) is 4.31. The summed E-state index contributed by atoms with van der Waals surface area (Å²) in [5.74, 6) is -6.67. The molecule has 0 aromatic heterocycles. The third-order valence-electron chi connectivity index (χ3n) is 12.2. The zero-order valence-corrected chi connectivity index (χ0v) is 38.1. The van der Waals surface area contributed by atoms with Crippen LogP contribution in [0.25, 0.3) is 22.3 Å². The molecule has 0 saturated heterocycles. The predicted octanol–water partition coefficient (Wildman–Crippen LogP) is 5.76. The Labute approximate surface area is 384 Å². The number of unbranched alkanes of at least 4 members (excludes halogenated alkanes) is 3. The molecule has 1 aliphatic rings. The number of aliphatic hydroxyl groups is 1. The summed E-state index contributed by atoms with van der Waals surface area (Å²) in [5, 5.41) is 46.8. The molecule has 66 heavy (non-hydrogen) atoms. The van der Waals surface area contributed by atoms with Gasteiger partial charge in [-0.15, -0.1) is 0 Å². The topological polar surface area (TPSA) is 231 Å². The zero-order valence-electron chi connectivity index (χ0n) is 38.1. The Hall–Kier alpha value is -6.87. The first-order valence-corrected chi connectivity index (χ1v) is 22.3. The van der Waals surface area contributed by atoms with E-state index < -0.39 is 90.7 Å². The second kappa shape index (κ2) is 22.8. The minimum Gasteiger partial charge on any atom is -0.507 e. The summed E-state index contributed by atoms with van der Waals surface area (Å²) < 4.78 is 0. The van der Waals surface area contributed by atoms with Crippen molar-refractivity contribution < 1.29 is 54.0 Å². The molecule has 0 radical (unpaired) electrons. The van der Waals surface area contributed by atoms with Crippen LogP contribution in [-0.4, -0.2) is 110 Å². The number of rotatable bonds is 17. The minimum absolute atomic E-state index is 0.0994. The molecule has 6 N–H and O–H groups in total. The highest BCUT2D eigenvalue weighted by molar-refractivity contribution is 5.99. The number of aryl methyl sites for hydroxylation is 1. The van der Waals surface area contributed by atoms with Gasteiger partial charge in [0.15, 0.2) is 11.6 Å². The van der Waals surface area contributed by atoms with E-state index in [2.05, 4.69) is 29.7 Å². The van der Waals surface area contributed by atoms with Crippen LogP contribution in [0.1, 0.15) is 98.8 Å². The molecule has 4 amide bonds. The summed E-state index contributed by atoms with van der Waals surface area (Å²) in [5.41, 5.74) is 4.34. The number of aliphatic carboxylic acids is 1. The molecular weight excluding hydrogens is 845 g/mol. The molecule has 4 aromatic carbocycles. The molecule has 0 saturated carbocycles. The molecule has 0 aliphatic carbocycles. The highest BCUT2D eigenvalue weighted by Gasteiger charge is 2.34. The number of nitrogens with one attached hydrogen (secondary N) is 2. The highest BCUT2D eigenvalue weighted by Crippen LogP contribution is 2.39. The Morgan fingerprint density at radius 1 is 0.803 bits per heavy atom. The van der Waals surface area contributed by atoms with Crippen LogP contribution < -0.4 is 10.6 Å². The van der Waals surface area contributed by atoms with Crippen molar-refractivity contribution in [1.82, 2.24) is 20.4 Å². The number of Topliss-reactive ketones (excluding diaryl/α,β-unsaturated/α-hetero) is 2. The average molecular weight is 905 g/mol. The van der Waals surface area contributed by atoms with Crippen LogP contribution >= 0.6 is 0 Å². The number of nitrogens with zero attached hydrogens (tertiary/aromatic N) is 2. The van der Waals surface area contributed by atoms with Crippen molar-refractivity contribution >= 4 is 41.2 Å². The van der Waals surface area contributed by atoms with Crippen molar-refractivity contribution in [3.05, 3.63) is 107 Å². The second-order valence-corrected chi connectivity index (χ2v) is 17.1. The summed E-state index contributed by atoms with van der Waals surface area (Å²) >= 11 is 0. The van der Waals surface area contributed by atoms with Gasteiger partial charge in [-0.05, 0) is 84.0 Å². The molecule has 1 aliphatic heterocycles. The number of phenolic OH excluding ortho intramolecular Hbond substituents is 2. The molecule has 4 bridgehead atoms. The number of amides is 4. The Morgan fingerprint density at radius 2 is 1.42 bits per heavy atom. The largest absolute Gasteiger partial charge is 0.507 e. The van der Waals surface area contributed by atoms with Crippen LogP contribution in [0.4, 0.5) is 0 Å². The van der Waals surface area contributed by atoms with Gasteiger partial charge in [-0.3, -0.25) is 28.8 Å². The number of aromatic hydroxyl groups is 2. The van der Waals surface area contributed by atoms with Gasteiger partial charge >= 0.3 is 5.97 Å². The van der Waals surface area contributed by atoms with Crippen LogP contribution in [0.3, 0.4) is 0 Å². The molecule has 5 atom stereocenters. The van der Waals surface area contributed by atoms with E-state index in [1.54, 1.807) is 12.1 Å². The number of carbonyl (C=O) groups is 7. The molecular formula is C51H60N4O11. The first-order chi connectivity index (χ1) is 31.4. The van der Waals surface area contributed by atoms with E-state index in [0.717, 1.165) is 33.8 Å². The SMILES string of the molecule is CCCCCCc1ccc(-c2ccc(C(=O)N(C)[C@H](CO)C(=O)N[C@H](C)C(=O)CCC(=O)N(C)[C@@H]3C(=O)C[C@@H](C)C(=O)N[C@H](C(=O)O)Cc4ccc(O)c(c4)-c4cc3ccc4O)cc2)cc1. The highest BCUT2D eigenvalue weighted by atomic mass is 16.4. The predicted molar refractivity (Wildman–Crippen MR) is 247 cm³/mol. The Kier molecular flexibility index (Phi) is 17.4. The van der Waals surface area contributed by atoms with Gasteiger partial charge < -0.3 is 40.9 Å². The normalized spacial score (nSPS) is 17.1. The van der Waals surface area contributed by atoms with Gasteiger partial charge in [-0.25, -0.2) is 4.79 Å². The van der Waals surface area contributed by atoms with Crippen LogP contribution in [0.2, 0.25) is 0 Å². The maximum Gasteiger partial charge on any atom is 0.326 e. The summed E-state index contributed by atoms with van der Waals surface area (Å²) in [6, 6.07) is 18.5. The van der Waals surface area contributed by atoms with Crippen molar-refractivity contribution in [2.45, 2.75) is 103 Å². The summed E-state index contributed by atoms with van der Waals surface area (Å²) in [6.07, 6.45) is 4.46. The van der Waals surface area contributed by atoms with Gasteiger partial charge in [-0.2, -0.15) is 0 Å². The van der Waals surface area contributed by atoms with Gasteiger partial charge in [0.1, 0.15) is 29.6 Å². The Balaban J connectivity index is 1.23. The van der Waals surface area contributed by atoms with E-state index in [1.165, 1.54) is 89.2 Å². The van der Waals surface area contributed by atoms with Gasteiger partial charge in [0.25, 0.3) is 5.91 Å². The lowest BCUT2D eigenvalue weighted by Gasteiger charge is -2.30. The van der Waals surface area contributed by atoms with E-state index in [9.17, 15) is 54.0 Å². The maximum absolute atomic E-state index is 14.0. The number of benzene rings is 4. The van der Waals surface area contributed by atoms with Crippen molar-refractivity contribution in [3.63, 3.8) is 0 Å². The number of hydrogen-bond donors (Lipinski definition) is 6. The third kappa shape index (κ3) is 12.5. The fourth-order valence-corrected chi connectivity index (χ4v) is 8.06. The van der Waals surface area contributed by atoms with E-state index in [1.807, 2.05) is 24.3 Å².